The molecule has 1 aromatic heterocycles. The number of fused-ring (bicyclic) bond motifs is 1. The van der Waals surface area contributed by atoms with Crippen LogP contribution in [0.4, 0.5) is 4.39 Å². The number of carbonyl (C=O) groups is 1. The molecule has 0 saturated carbocycles. The summed E-state index contributed by atoms with van der Waals surface area (Å²) in [7, 11) is 4.39. The number of carbonyl (C=O) groups excluding carboxylic acids is 1. The molecule has 0 atom stereocenters. The van der Waals surface area contributed by atoms with Gasteiger partial charge in [0.2, 0.25) is 0 Å². The van der Waals surface area contributed by atoms with Gasteiger partial charge in [-0.1, -0.05) is 0 Å². The van der Waals surface area contributed by atoms with Gasteiger partial charge in [-0.3, -0.25) is 9.69 Å². The molecule has 2 aliphatic heterocycles. The molecule has 5 nitrogen and oxygen atoms in total. The maximum absolute atomic E-state index is 13.5. The number of rotatable bonds is 1. The highest BCUT2D eigenvalue weighted by atomic mass is 19.1. The van der Waals surface area contributed by atoms with Crippen molar-refractivity contribution < 1.29 is 9.18 Å². The molecule has 1 amide bonds. The molecule has 4 rings (SSSR count). The van der Waals surface area contributed by atoms with E-state index in [1.54, 1.807) is 6.07 Å². The standard InChI is InChI=1S/C20H27FN4O/c1-14-16-12-15(21)4-5-17(16)22-18(14)19(26)25-8-6-20(7-9-25)13-23(2)10-11-24(20)3/h4-5,12,22H,6-11,13H2,1-3H3. The summed E-state index contributed by atoms with van der Waals surface area (Å²) < 4.78 is 13.5. The van der Waals surface area contributed by atoms with E-state index in [1.807, 2.05) is 11.8 Å². The number of H-pyrrole nitrogens is 1. The molecule has 1 N–H and O–H groups in total. The third kappa shape index (κ3) is 2.81. The number of hydrogen-bond donors (Lipinski definition) is 1. The number of nitrogens with one attached hydrogen (secondary N) is 1. The summed E-state index contributed by atoms with van der Waals surface area (Å²) in [6, 6.07) is 4.62. The SMILES string of the molecule is Cc1c(C(=O)N2CCC3(CC2)CN(C)CCN3C)[nH]c2ccc(F)cc12. The highest BCUT2D eigenvalue weighted by Crippen LogP contribution is 2.32. The first-order chi connectivity index (χ1) is 12.4. The fraction of sp³-hybridized carbons (Fsp3) is 0.550. The van der Waals surface area contributed by atoms with Crippen LogP contribution in [0.5, 0.6) is 0 Å². The van der Waals surface area contributed by atoms with Gasteiger partial charge in [-0.25, -0.2) is 4.39 Å². The Morgan fingerprint density at radius 3 is 2.62 bits per heavy atom. The molecular formula is C20H27FN4O. The van der Waals surface area contributed by atoms with Gasteiger partial charge in [-0.05, 0) is 57.6 Å². The van der Waals surface area contributed by atoms with Crippen LogP contribution in [0, 0.1) is 12.7 Å². The average Bonchev–Trinajstić information content (AvgIpc) is 2.95. The van der Waals surface area contributed by atoms with Crippen molar-refractivity contribution in [2.75, 3.05) is 46.8 Å². The largest absolute Gasteiger partial charge is 0.350 e. The molecule has 0 radical (unpaired) electrons. The van der Waals surface area contributed by atoms with Crippen molar-refractivity contribution in [2.24, 2.45) is 0 Å². The van der Waals surface area contributed by atoms with E-state index in [0.717, 1.165) is 62.0 Å². The average molecular weight is 358 g/mol. The topological polar surface area (TPSA) is 42.6 Å². The van der Waals surface area contributed by atoms with Crippen molar-refractivity contribution >= 4 is 16.8 Å². The molecule has 2 saturated heterocycles. The summed E-state index contributed by atoms with van der Waals surface area (Å²) in [4.78, 5) is 23.1. The molecule has 26 heavy (non-hydrogen) atoms. The summed E-state index contributed by atoms with van der Waals surface area (Å²) in [5.41, 5.74) is 2.42. The smallest absolute Gasteiger partial charge is 0.270 e. The maximum atomic E-state index is 13.5. The molecule has 2 aromatic rings. The molecule has 0 aliphatic carbocycles. The van der Waals surface area contributed by atoms with Crippen LogP contribution < -0.4 is 0 Å². The van der Waals surface area contributed by atoms with Crippen LogP contribution in [-0.4, -0.2) is 77.9 Å². The van der Waals surface area contributed by atoms with Crippen LogP contribution in [0.15, 0.2) is 18.2 Å². The highest BCUT2D eigenvalue weighted by molar-refractivity contribution is 6.00. The van der Waals surface area contributed by atoms with Gasteiger partial charge in [0.1, 0.15) is 11.5 Å². The molecule has 0 unspecified atom stereocenters. The van der Waals surface area contributed by atoms with Gasteiger partial charge in [-0.2, -0.15) is 0 Å². The number of aryl methyl sites for hydroxylation is 1. The first-order valence-electron chi connectivity index (χ1n) is 9.36. The molecule has 2 fully saturated rings. The van der Waals surface area contributed by atoms with E-state index in [1.165, 1.54) is 12.1 Å². The second-order valence-electron chi connectivity index (χ2n) is 7.99. The predicted octanol–water partition coefficient (Wildman–Crippen LogP) is 2.47. The predicted molar refractivity (Wildman–Crippen MR) is 101 cm³/mol. The maximum Gasteiger partial charge on any atom is 0.270 e. The van der Waals surface area contributed by atoms with Crippen LogP contribution in [0.1, 0.15) is 28.9 Å². The second kappa shape index (κ2) is 6.35. The van der Waals surface area contributed by atoms with E-state index in [9.17, 15) is 9.18 Å². The fourth-order valence-corrected chi connectivity index (χ4v) is 4.60. The third-order valence-corrected chi connectivity index (χ3v) is 6.41. The van der Waals surface area contributed by atoms with Crippen LogP contribution in [0.2, 0.25) is 0 Å². The Balaban J connectivity index is 1.53. The number of halogens is 1. The number of amides is 1. The van der Waals surface area contributed by atoms with Gasteiger partial charge in [-0.15, -0.1) is 0 Å². The lowest BCUT2D eigenvalue weighted by Crippen LogP contribution is -2.64. The summed E-state index contributed by atoms with van der Waals surface area (Å²) in [6.45, 7) is 6.67. The number of likely N-dealkylation sites (tertiary alicyclic amines) is 1. The molecule has 0 bridgehead atoms. The molecule has 1 spiro atoms. The normalized spacial score (nSPS) is 21.6. The van der Waals surface area contributed by atoms with Crippen LogP contribution in [-0.2, 0) is 0 Å². The number of piperidine rings is 1. The summed E-state index contributed by atoms with van der Waals surface area (Å²) in [5, 5.41) is 0.787. The van der Waals surface area contributed by atoms with Gasteiger partial charge in [0.05, 0.1) is 0 Å². The summed E-state index contributed by atoms with van der Waals surface area (Å²) in [6.07, 6.45) is 1.99. The number of benzene rings is 1. The van der Waals surface area contributed by atoms with Crippen LogP contribution in [0.25, 0.3) is 10.9 Å². The number of piperazine rings is 1. The Morgan fingerprint density at radius 2 is 1.88 bits per heavy atom. The lowest BCUT2D eigenvalue weighted by molar-refractivity contribution is -0.0158. The number of likely N-dealkylation sites (N-methyl/N-ethyl adjacent to an activating group) is 2. The Labute approximate surface area is 153 Å². The van der Waals surface area contributed by atoms with Crippen molar-refractivity contribution in [3.63, 3.8) is 0 Å². The molecule has 2 aliphatic rings. The molecular weight excluding hydrogens is 331 g/mol. The molecule has 3 heterocycles. The monoisotopic (exact) mass is 358 g/mol. The lowest BCUT2D eigenvalue weighted by Gasteiger charge is -2.52. The van der Waals surface area contributed by atoms with Gasteiger partial charge in [0.25, 0.3) is 5.91 Å². The highest BCUT2D eigenvalue weighted by Gasteiger charge is 2.42. The van der Waals surface area contributed by atoms with Crippen molar-refractivity contribution in [1.82, 2.24) is 19.7 Å². The quantitative estimate of drug-likeness (QED) is 0.852. The zero-order valence-electron chi connectivity index (χ0n) is 15.8. The third-order valence-electron chi connectivity index (χ3n) is 6.41. The number of hydrogen-bond acceptors (Lipinski definition) is 3. The van der Waals surface area contributed by atoms with E-state index in [4.69, 9.17) is 0 Å². The van der Waals surface area contributed by atoms with Gasteiger partial charge in [0, 0.05) is 49.2 Å². The zero-order valence-corrected chi connectivity index (χ0v) is 15.8. The van der Waals surface area contributed by atoms with Crippen molar-refractivity contribution in [1.29, 1.82) is 0 Å². The fourth-order valence-electron chi connectivity index (χ4n) is 4.60. The molecule has 140 valence electrons. The minimum absolute atomic E-state index is 0.0285. The van der Waals surface area contributed by atoms with Crippen LogP contribution >= 0.6 is 0 Å². The first-order valence-corrected chi connectivity index (χ1v) is 9.36. The number of nitrogens with zero attached hydrogens (tertiary/aromatic N) is 3. The Morgan fingerprint density at radius 1 is 1.15 bits per heavy atom. The number of aromatic amines is 1. The van der Waals surface area contributed by atoms with Crippen molar-refractivity contribution in [2.45, 2.75) is 25.3 Å². The summed E-state index contributed by atoms with van der Waals surface area (Å²) in [5.74, 6) is -0.247. The Bertz CT molecular complexity index is 838. The van der Waals surface area contributed by atoms with Crippen molar-refractivity contribution in [3.05, 3.63) is 35.3 Å². The van der Waals surface area contributed by atoms with E-state index in [-0.39, 0.29) is 17.3 Å². The number of aromatic nitrogens is 1. The Hall–Kier alpha value is -1.92. The zero-order chi connectivity index (χ0) is 18.5. The van der Waals surface area contributed by atoms with E-state index in [2.05, 4.69) is 28.9 Å². The van der Waals surface area contributed by atoms with Gasteiger partial charge in [0.15, 0.2) is 0 Å². The van der Waals surface area contributed by atoms with Crippen molar-refractivity contribution in [3.8, 4) is 0 Å². The van der Waals surface area contributed by atoms with Crippen LogP contribution in [0.3, 0.4) is 0 Å². The minimum Gasteiger partial charge on any atom is -0.350 e. The van der Waals surface area contributed by atoms with E-state index >= 15 is 0 Å². The molecule has 6 heteroatoms. The second-order valence-corrected chi connectivity index (χ2v) is 7.99. The summed E-state index contributed by atoms with van der Waals surface area (Å²) >= 11 is 0. The van der Waals surface area contributed by atoms with E-state index < -0.39 is 0 Å². The first kappa shape index (κ1) is 17.5. The minimum atomic E-state index is -0.275. The van der Waals surface area contributed by atoms with Gasteiger partial charge >= 0.3 is 0 Å². The Kier molecular flexibility index (Phi) is 4.28. The molecule has 1 aromatic carbocycles. The van der Waals surface area contributed by atoms with Gasteiger partial charge < -0.3 is 14.8 Å². The lowest BCUT2D eigenvalue weighted by atomic mass is 9.83. The van der Waals surface area contributed by atoms with E-state index in [0.29, 0.717) is 5.69 Å².